The van der Waals surface area contributed by atoms with Crippen molar-refractivity contribution in [3.63, 3.8) is 0 Å². The van der Waals surface area contributed by atoms with Crippen LogP contribution in [0, 0.1) is 15.9 Å². The van der Waals surface area contributed by atoms with Gasteiger partial charge in [-0.3, -0.25) is 15.1 Å². The first-order chi connectivity index (χ1) is 11.9. The average molecular weight is 362 g/mol. The van der Waals surface area contributed by atoms with E-state index in [0.717, 1.165) is 23.8 Å². The number of nitro groups is 1. The number of hydrogen-bond donors (Lipinski definition) is 0. The van der Waals surface area contributed by atoms with Crippen LogP contribution in [-0.2, 0) is 0 Å². The number of halogens is 1. The van der Waals surface area contributed by atoms with E-state index < -0.39 is 10.7 Å². The van der Waals surface area contributed by atoms with Gasteiger partial charge in [0.25, 0.3) is 5.69 Å². The number of benzene rings is 1. The molecule has 0 saturated heterocycles. The fraction of sp³-hybridized carbons (Fsp3) is 0.278. The molecule has 0 aliphatic heterocycles. The molecular formula is C18H19FN2O3S. The van der Waals surface area contributed by atoms with Gasteiger partial charge in [-0.15, -0.1) is 11.3 Å². The summed E-state index contributed by atoms with van der Waals surface area (Å²) in [5.74, 6) is -0.302. The molecule has 1 heterocycles. The molecule has 132 valence electrons. The monoisotopic (exact) mass is 362 g/mol. The van der Waals surface area contributed by atoms with Crippen LogP contribution in [0.5, 0.6) is 5.75 Å². The molecule has 0 amide bonds. The summed E-state index contributed by atoms with van der Waals surface area (Å²) in [6.45, 7) is 11.7. The second-order valence-corrected chi connectivity index (χ2v) is 6.52. The molecule has 7 heteroatoms. The van der Waals surface area contributed by atoms with Gasteiger partial charge in [-0.25, -0.2) is 4.39 Å². The molecule has 0 aliphatic carbocycles. The van der Waals surface area contributed by atoms with Crippen LogP contribution in [0.2, 0.25) is 0 Å². The molecule has 0 spiro atoms. The number of rotatable bonds is 8. The van der Waals surface area contributed by atoms with Crippen molar-refractivity contribution in [3.05, 3.63) is 56.5 Å². The molecular weight excluding hydrogens is 343 g/mol. The molecule has 0 fully saturated rings. The fourth-order valence-electron chi connectivity index (χ4n) is 2.47. The van der Waals surface area contributed by atoms with E-state index in [1.54, 1.807) is 0 Å². The first-order valence-electron chi connectivity index (χ1n) is 7.82. The van der Waals surface area contributed by atoms with Gasteiger partial charge in [0.1, 0.15) is 5.76 Å². The van der Waals surface area contributed by atoms with Gasteiger partial charge < -0.3 is 4.74 Å². The molecule has 1 aromatic carbocycles. The maximum atomic E-state index is 14.0. The Hall–Kier alpha value is -2.54. The van der Waals surface area contributed by atoms with Crippen LogP contribution in [0.3, 0.4) is 0 Å². The summed E-state index contributed by atoms with van der Waals surface area (Å²) in [4.78, 5) is 15.8. The molecule has 0 aliphatic rings. The van der Waals surface area contributed by atoms with E-state index in [2.05, 4.69) is 32.1 Å². The molecule has 0 atom stereocenters. The van der Waals surface area contributed by atoms with Gasteiger partial charge in [0.05, 0.1) is 21.6 Å². The summed E-state index contributed by atoms with van der Waals surface area (Å²) in [5.41, 5.74) is 0.301. The Balaban J connectivity index is 2.29. The van der Waals surface area contributed by atoms with Crippen LogP contribution in [-0.4, -0.2) is 11.6 Å². The van der Waals surface area contributed by atoms with Gasteiger partial charge in [0.15, 0.2) is 11.6 Å². The Morgan fingerprint density at radius 1 is 1.40 bits per heavy atom. The number of aliphatic imine (C=N–C) groups is 1. The third kappa shape index (κ3) is 4.11. The van der Waals surface area contributed by atoms with Gasteiger partial charge in [-0.05, 0) is 37.6 Å². The highest BCUT2D eigenvalue weighted by Gasteiger charge is 2.19. The zero-order valence-corrected chi connectivity index (χ0v) is 14.9. The topological polar surface area (TPSA) is 64.7 Å². The normalized spacial score (nSPS) is 10.7. The Morgan fingerprint density at radius 3 is 2.60 bits per heavy atom. The quantitative estimate of drug-likeness (QED) is 0.247. The molecule has 2 rings (SSSR count). The van der Waals surface area contributed by atoms with E-state index in [0.29, 0.717) is 16.5 Å². The van der Waals surface area contributed by atoms with Crippen molar-refractivity contribution < 1.29 is 14.1 Å². The number of hydrogen-bond acceptors (Lipinski definition) is 5. The first-order valence-corrected chi connectivity index (χ1v) is 8.64. The summed E-state index contributed by atoms with van der Waals surface area (Å²) in [6, 6.07) is 5.17. The van der Waals surface area contributed by atoms with E-state index in [1.165, 1.54) is 23.5 Å². The second kappa shape index (κ2) is 8.02. The number of nitrogens with zero attached hydrogens (tertiary/aromatic N) is 2. The molecule has 1 aromatic heterocycles. The summed E-state index contributed by atoms with van der Waals surface area (Å²) in [6.07, 6.45) is 1.99. The van der Waals surface area contributed by atoms with Gasteiger partial charge in [-0.2, -0.15) is 0 Å². The molecule has 5 nitrogen and oxygen atoms in total. The Labute approximate surface area is 149 Å². The summed E-state index contributed by atoms with van der Waals surface area (Å²) >= 11 is 1.49. The fourth-order valence-corrected chi connectivity index (χ4v) is 3.76. The van der Waals surface area contributed by atoms with Gasteiger partial charge in [0.2, 0.25) is 0 Å². The lowest BCUT2D eigenvalue weighted by atomic mass is 10.0. The summed E-state index contributed by atoms with van der Waals surface area (Å²) in [7, 11) is 0. The van der Waals surface area contributed by atoms with Crippen molar-refractivity contribution in [1.82, 2.24) is 0 Å². The van der Waals surface area contributed by atoms with Crippen molar-refractivity contribution in [1.29, 1.82) is 0 Å². The highest BCUT2D eigenvalue weighted by molar-refractivity contribution is 7.13. The molecule has 2 aromatic rings. The standard InChI is InChI=1S/C18H19FN2O3S/c1-5-12(6-2)17-10-15(20-4)18(25-17)11(3)24-16-8-7-13(21(22)23)9-14(16)19/h7-10,12H,3-6H2,1-2H3. The van der Waals surface area contributed by atoms with E-state index in [9.17, 15) is 14.5 Å². The predicted octanol–water partition coefficient (Wildman–Crippen LogP) is 6.08. The van der Waals surface area contributed by atoms with Crippen molar-refractivity contribution >= 4 is 35.2 Å². The lowest BCUT2D eigenvalue weighted by molar-refractivity contribution is -0.385. The van der Waals surface area contributed by atoms with Crippen LogP contribution >= 0.6 is 11.3 Å². The third-order valence-electron chi connectivity index (χ3n) is 3.90. The molecule has 0 saturated carbocycles. The first kappa shape index (κ1) is 18.8. The molecule has 0 radical (unpaired) electrons. The predicted molar refractivity (Wildman–Crippen MR) is 99.6 cm³/mol. The highest BCUT2D eigenvalue weighted by atomic mass is 32.1. The van der Waals surface area contributed by atoms with E-state index in [4.69, 9.17) is 4.74 Å². The van der Waals surface area contributed by atoms with Crippen LogP contribution in [0.25, 0.3) is 5.76 Å². The molecule has 0 N–H and O–H groups in total. The maximum absolute atomic E-state index is 14.0. The second-order valence-electron chi connectivity index (χ2n) is 5.43. The summed E-state index contributed by atoms with van der Waals surface area (Å²) < 4.78 is 19.5. The number of ether oxygens (including phenoxy) is 1. The van der Waals surface area contributed by atoms with Gasteiger partial charge in [-0.1, -0.05) is 20.4 Å². The zero-order valence-electron chi connectivity index (χ0n) is 14.1. The minimum absolute atomic E-state index is 0.122. The van der Waals surface area contributed by atoms with Crippen LogP contribution in [0.15, 0.2) is 35.8 Å². The van der Waals surface area contributed by atoms with Crippen molar-refractivity contribution in [2.45, 2.75) is 32.6 Å². The lowest BCUT2D eigenvalue weighted by Crippen LogP contribution is -1.96. The van der Waals surface area contributed by atoms with Crippen LogP contribution in [0.4, 0.5) is 15.8 Å². The van der Waals surface area contributed by atoms with Crippen LogP contribution in [0.1, 0.15) is 42.4 Å². The molecule has 25 heavy (non-hydrogen) atoms. The van der Waals surface area contributed by atoms with Crippen molar-refractivity contribution in [3.8, 4) is 5.75 Å². The average Bonchev–Trinajstić information content (AvgIpc) is 3.02. The van der Waals surface area contributed by atoms with Crippen molar-refractivity contribution in [2.24, 2.45) is 4.99 Å². The van der Waals surface area contributed by atoms with E-state index in [-0.39, 0.29) is 17.2 Å². The number of nitro benzene ring substituents is 1. The smallest absolute Gasteiger partial charge is 0.272 e. The highest BCUT2D eigenvalue weighted by Crippen LogP contribution is 2.40. The minimum Gasteiger partial charge on any atom is -0.453 e. The molecule has 0 unspecified atom stereocenters. The Kier molecular flexibility index (Phi) is 6.03. The largest absolute Gasteiger partial charge is 0.453 e. The minimum atomic E-state index is -0.819. The Morgan fingerprint density at radius 2 is 2.08 bits per heavy atom. The van der Waals surface area contributed by atoms with E-state index in [1.807, 2.05) is 6.07 Å². The third-order valence-corrected chi connectivity index (χ3v) is 5.23. The SMILES string of the molecule is C=Nc1cc(C(CC)CC)sc1C(=C)Oc1ccc([N+](=O)[O-])cc1F. The number of thiophene rings is 1. The zero-order chi connectivity index (χ0) is 18.6. The lowest BCUT2D eigenvalue weighted by Gasteiger charge is -2.10. The van der Waals surface area contributed by atoms with Crippen molar-refractivity contribution in [2.75, 3.05) is 0 Å². The molecule has 0 bridgehead atoms. The van der Waals surface area contributed by atoms with Gasteiger partial charge in [0, 0.05) is 10.9 Å². The van der Waals surface area contributed by atoms with Crippen LogP contribution < -0.4 is 4.74 Å². The summed E-state index contributed by atoms with van der Waals surface area (Å²) in [5, 5.41) is 10.7. The van der Waals surface area contributed by atoms with Gasteiger partial charge >= 0.3 is 0 Å². The van der Waals surface area contributed by atoms with E-state index >= 15 is 0 Å². The Bertz CT molecular complexity index is 813. The number of non-ortho nitro benzene ring substituents is 1. The maximum Gasteiger partial charge on any atom is 0.272 e.